The average molecular weight is 337 g/mol. The summed E-state index contributed by atoms with van der Waals surface area (Å²) < 4.78 is 31.2. The third-order valence-electron chi connectivity index (χ3n) is 3.14. The highest BCUT2D eigenvalue weighted by atomic mass is 35.5. The number of carbonyl (C=O) groups excluding carboxylic acids is 2. The van der Waals surface area contributed by atoms with Crippen LogP contribution < -0.4 is 10.6 Å². The molecule has 1 fully saturated rings. The minimum absolute atomic E-state index is 0.0636. The molecule has 0 aromatic heterocycles. The van der Waals surface area contributed by atoms with Gasteiger partial charge in [0.05, 0.1) is 5.54 Å². The molecule has 2 rings (SSSR count). The Hall–Kier alpha value is -1.60. The molecule has 0 radical (unpaired) electrons. The summed E-state index contributed by atoms with van der Waals surface area (Å²) in [6, 6.07) is 7.48. The fourth-order valence-corrected chi connectivity index (χ4v) is 1.80. The number of benzene rings is 1. The van der Waals surface area contributed by atoms with Gasteiger partial charge in [-0.15, -0.1) is 0 Å². The first-order valence-corrected chi connectivity index (χ1v) is 6.85. The van der Waals surface area contributed by atoms with E-state index in [-0.39, 0.29) is 11.4 Å². The third-order valence-corrected chi connectivity index (χ3v) is 3.39. The second-order valence-corrected chi connectivity index (χ2v) is 5.41. The van der Waals surface area contributed by atoms with Crippen LogP contribution in [-0.4, -0.2) is 30.5 Å². The molecule has 1 aliphatic heterocycles. The summed E-state index contributed by atoms with van der Waals surface area (Å²) in [6.07, 6.45) is -4.80. The fraction of sp³-hybridized carbons (Fsp3) is 0.429. The van der Waals surface area contributed by atoms with Gasteiger partial charge in [0, 0.05) is 11.6 Å². The number of amides is 1. The maximum absolute atomic E-state index is 11.8. The van der Waals surface area contributed by atoms with Crippen LogP contribution in [0.3, 0.4) is 0 Å². The maximum Gasteiger partial charge on any atom is 0.446 e. The van der Waals surface area contributed by atoms with E-state index in [1.165, 1.54) is 0 Å². The van der Waals surface area contributed by atoms with Crippen LogP contribution in [0.25, 0.3) is 0 Å². The molecule has 22 heavy (non-hydrogen) atoms. The lowest BCUT2D eigenvalue weighted by Crippen LogP contribution is -2.63. The van der Waals surface area contributed by atoms with Gasteiger partial charge in [-0.1, -0.05) is 23.7 Å². The van der Waals surface area contributed by atoms with Crippen molar-refractivity contribution < 1.29 is 22.8 Å². The Morgan fingerprint density at radius 2 is 1.91 bits per heavy atom. The van der Waals surface area contributed by atoms with E-state index in [2.05, 4.69) is 10.6 Å². The van der Waals surface area contributed by atoms with Crippen molar-refractivity contribution in [3.8, 4) is 0 Å². The first kappa shape index (κ1) is 18.4. The molecule has 0 bridgehead atoms. The zero-order valence-electron chi connectivity index (χ0n) is 11.8. The molecule has 1 aromatic carbocycles. The van der Waals surface area contributed by atoms with Crippen molar-refractivity contribution >= 4 is 23.8 Å². The largest absolute Gasteiger partial charge is 0.446 e. The molecule has 8 heteroatoms. The Morgan fingerprint density at radius 1 is 1.41 bits per heavy atom. The molecular weight excluding hydrogens is 321 g/mol. The van der Waals surface area contributed by atoms with Crippen molar-refractivity contribution in [3.63, 3.8) is 0 Å². The number of rotatable bonds is 3. The minimum Gasteiger partial charge on any atom is -0.350 e. The van der Waals surface area contributed by atoms with Crippen molar-refractivity contribution in [2.75, 3.05) is 6.54 Å². The molecule has 4 nitrogen and oxygen atoms in total. The highest BCUT2D eigenvalue weighted by Gasteiger charge is 2.38. The van der Waals surface area contributed by atoms with Crippen LogP contribution in [0.4, 0.5) is 13.2 Å². The van der Waals surface area contributed by atoms with Crippen LogP contribution in [-0.2, 0) is 16.1 Å². The van der Waals surface area contributed by atoms with E-state index in [0.717, 1.165) is 18.5 Å². The Balaban J connectivity index is 0.000000346. The summed E-state index contributed by atoms with van der Waals surface area (Å²) in [5, 5.41) is 6.76. The highest BCUT2D eigenvalue weighted by Crippen LogP contribution is 2.18. The maximum atomic E-state index is 11.8. The molecule has 122 valence electrons. The predicted octanol–water partition coefficient (Wildman–Crippen LogP) is 2.46. The Morgan fingerprint density at radius 3 is 2.27 bits per heavy atom. The van der Waals surface area contributed by atoms with E-state index in [0.29, 0.717) is 11.6 Å². The number of alkyl halides is 3. The molecule has 1 atom stereocenters. The number of hydrogen-bond acceptors (Lipinski definition) is 3. The smallest absolute Gasteiger partial charge is 0.350 e. The lowest BCUT2D eigenvalue weighted by Gasteiger charge is -2.38. The normalized spacial score (nSPS) is 20.2. The van der Waals surface area contributed by atoms with Crippen LogP contribution in [0, 0.1) is 0 Å². The summed E-state index contributed by atoms with van der Waals surface area (Å²) in [7, 11) is 0. The third kappa shape index (κ3) is 6.03. The number of halogens is 4. The lowest BCUT2D eigenvalue weighted by molar-refractivity contribution is -0.156. The predicted molar refractivity (Wildman–Crippen MR) is 76.4 cm³/mol. The van der Waals surface area contributed by atoms with Crippen LogP contribution in [0.1, 0.15) is 18.9 Å². The minimum atomic E-state index is -4.64. The van der Waals surface area contributed by atoms with Crippen molar-refractivity contribution in [2.24, 2.45) is 0 Å². The number of nitrogens with one attached hydrogen (secondary N) is 2. The van der Waals surface area contributed by atoms with Crippen LogP contribution >= 0.6 is 11.6 Å². The molecule has 1 aromatic rings. The van der Waals surface area contributed by atoms with E-state index < -0.39 is 12.5 Å². The Bertz CT molecular complexity index is 514. The van der Waals surface area contributed by atoms with Crippen LogP contribution in [0.2, 0.25) is 5.02 Å². The van der Waals surface area contributed by atoms with Crippen molar-refractivity contribution in [1.82, 2.24) is 10.6 Å². The Labute approximate surface area is 131 Å². The number of hydrogen-bond donors (Lipinski definition) is 2. The summed E-state index contributed by atoms with van der Waals surface area (Å²) in [5.41, 5.74) is 0.688. The van der Waals surface area contributed by atoms with Gasteiger partial charge in [0.2, 0.25) is 12.2 Å². The van der Waals surface area contributed by atoms with E-state index in [4.69, 9.17) is 16.4 Å². The first-order valence-electron chi connectivity index (χ1n) is 6.47. The molecule has 1 heterocycles. The van der Waals surface area contributed by atoms with Crippen LogP contribution in [0.15, 0.2) is 24.3 Å². The van der Waals surface area contributed by atoms with Crippen molar-refractivity contribution in [2.45, 2.75) is 31.6 Å². The van der Waals surface area contributed by atoms with Gasteiger partial charge in [0.25, 0.3) is 0 Å². The monoisotopic (exact) mass is 336 g/mol. The number of aldehydes is 1. The zero-order valence-corrected chi connectivity index (χ0v) is 12.6. The fourth-order valence-electron chi connectivity index (χ4n) is 1.67. The molecule has 1 unspecified atom stereocenters. The summed E-state index contributed by atoms with van der Waals surface area (Å²) in [4.78, 5) is 20.5. The average Bonchev–Trinajstić information content (AvgIpc) is 2.43. The standard InChI is InChI=1S/C12H15ClN2O.C2HF3O/c1-12(6-7-15-12)11(16)14-8-9-2-4-10(13)5-3-9;3-2(4,5)1-6/h2-5,15H,6-8H2,1H3,(H,14,16);1H. The summed E-state index contributed by atoms with van der Waals surface area (Å²) in [6.45, 7) is 3.39. The van der Waals surface area contributed by atoms with Gasteiger partial charge in [-0.25, -0.2) is 0 Å². The van der Waals surface area contributed by atoms with Gasteiger partial charge < -0.3 is 10.6 Å². The number of carbonyl (C=O) groups is 2. The zero-order chi connectivity index (χ0) is 16.8. The SMILES string of the molecule is CC1(C(=O)NCc2ccc(Cl)cc2)CCN1.O=CC(F)(F)F. The quantitative estimate of drug-likeness (QED) is 0.834. The van der Waals surface area contributed by atoms with Crippen molar-refractivity contribution in [1.29, 1.82) is 0 Å². The van der Waals surface area contributed by atoms with Gasteiger partial charge in [-0.05, 0) is 37.6 Å². The topological polar surface area (TPSA) is 58.2 Å². The molecule has 0 aliphatic carbocycles. The van der Waals surface area contributed by atoms with E-state index in [1.807, 2.05) is 31.2 Å². The van der Waals surface area contributed by atoms with Gasteiger partial charge in [0.1, 0.15) is 0 Å². The van der Waals surface area contributed by atoms with Gasteiger partial charge in [-0.2, -0.15) is 13.2 Å². The van der Waals surface area contributed by atoms with Crippen molar-refractivity contribution in [3.05, 3.63) is 34.9 Å². The molecule has 1 aliphatic rings. The summed E-state index contributed by atoms with van der Waals surface area (Å²) >= 11 is 5.78. The second kappa shape index (κ2) is 7.60. The molecule has 1 amide bonds. The molecule has 2 N–H and O–H groups in total. The van der Waals surface area contributed by atoms with Crippen LogP contribution in [0.5, 0.6) is 0 Å². The molecular formula is C14H16ClF3N2O2. The van der Waals surface area contributed by atoms with Gasteiger partial charge in [0.15, 0.2) is 0 Å². The molecule has 0 saturated carbocycles. The molecule has 1 saturated heterocycles. The van der Waals surface area contributed by atoms with E-state index in [1.54, 1.807) is 0 Å². The molecule has 0 spiro atoms. The second-order valence-electron chi connectivity index (χ2n) is 4.98. The highest BCUT2D eigenvalue weighted by molar-refractivity contribution is 6.30. The lowest BCUT2D eigenvalue weighted by atomic mass is 9.89. The first-order chi connectivity index (χ1) is 10.2. The van der Waals surface area contributed by atoms with E-state index >= 15 is 0 Å². The Kier molecular flexibility index (Phi) is 6.37. The summed E-state index contributed by atoms with van der Waals surface area (Å²) in [5.74, 6) is 0.0636. The van der Waals surface area contributed by atoms with Gasteiger partial charge in [-0.3, -0.25) is 9.59 Å². The van der Waals surface area contributed by atoms with E-state index in [9.17, 15) is 18.0 Å². The van der Waals surface area contributed by atoms with Gasteiger partial charge >= 0.3 is 6.18 Å².